The van der Waals surface area contributed by atoms with Crippen LogP contribution in [0.15, 0.2) is 0 Å². The lowest BCUT2D eigenvalue weighted by Crippen LogP contribution is -3.15. The summed E-state index contributed by atoms with van der Waals surface area (Å²) in [6.45, 7) is 5.93. The van der Waals surface area contributed by atoms with Crippen LogP contribution in [0.1, 0.15) is 32.6 Å². The zero-order valence-corrected chi connectivity index (χ0v) is 10.1. The van der Waals surface area contributed by atoms with Crippen molar-refractivity contribution in [2.24, 2.45) is 0 Å². The Morgan fingerprint density at radius 2 is 1.94 bits per heavy atom. The fourth-order valence-corrected chi connectivity index (χ4v) is 2.58. The van der Waals surface area contributed by atoms with E-state index in [9.17, 15) is 4.79 Å². The molecular formula is C12H22NO3+. The predicted molar refractivity (Wildman–Crippen MR) is 59.3 cm³/mol. The molecule has 0 radical (unpaired) electrons. The van der Waals surface area contributed by atoms with Gasteiger partial charge in [-0.1, -0.05) is 0 Å². The van der Waals surface area contributed by atoms with Gasteiger partial charge in [0.2, 0.25) is 0 Å². The van der Waals surface area contributed by atoms with Gasteiger partial charge in [-0.05, 0) is 32.6 Å². The summed E-state index contributed by atoms with van der Waals surface area (Å²) in [6.07, 6.45) is 4.43. The van der Waals surface area contributed by atoms with Crippen molar-refractivity contribution in [1.29, 1.82) is 0 Å². The van der Waals surface area contributed by atoms with Gasteiger partial charge in [0.1, 0.15) is 18.7 Å². The van der Waals surface area contributed by atoms with Crippen LogP contribution >= 0.6 is 0 Å². The van der Waals surface area contributed by atoms with Crippen LogP contribution in [0.4, 0.5) is 0 Å². The summed E-state index contributed by atoms with van der Waals surface area (Å²) in [5.41, 5.74) is -0.178. The smallest absolute Gasteiger partial charge is 0.362 e. The summed E-state index contributed by atoms with van der Waals surface area (Å²) in [6, 6.07) is 0. The van der Waals surface area contributed by atoms with Gasteiger partial charge in [-0.15, -0.1) is 0 Å². The molecule has 4 heteroatoms. The van der Waals surface area contributed by atoms with Crippen LogP contribution in [0, 0.1) is 0 Å². The van der Waals surface area contributed by atoms with E-state index >= 15 is 0 Å². The van der Waals surface area contributed by atoms with Crippen LogP contribution in [0.3, 0.4) is 0 Å². The molecule has 2 fully saturated rings. The van der Waals surface area contributed by atoms with E-state index in [0.29, 0.717) is 6.54 Å². The fraction of sp³-hybridized carbons (Fsp3) is 0.917. The number of hydrogen-bond donors (Lipinski definition) is 1. The molecule has 0 bridgehead atoms. The Balaban J connectivity index is 1.74. The largest absolute Gasteiger partial charge is 0.455 e. The molecule has 4 nitrogen and oxygen atoms in total. The van der Waals surface area contributed by atoms with Gasteiger partial charge >= 0.3 is 5.97 Å². The quantitative estimate of drug-likeness (QED) is 0.679. The molecule has 1 N–H and O–H groups in total. The summed E-state index contributed by atoms with van der Waals surface area (Å²) in [7, 11) is 0. The molecule has 0 aromatic carbocycles. The molecule has 2 rings (SSSR count). The van der Waals surface area contributed by atoms with Gasteiger partial charge in [0, 0.05) is 0 Å². The fourth-order valence-electron chi connectivity index (χ4n) is 2.58. The SMILES string of the molecule is CC1(OC(=O)C[NH+]2CCOCC2)CCCC1. The minimum atomic E-state index is -0.178. The Hall–Kier alpha value is -0.610. The summed E-state index contributed by atoms with van der Waals surface area (Å²) < 4.78 is 10.9. The van der Waals surface area contributed by atoms with Gasteiger partial charge in [-0.2, -0.15) is 0 Å². The van der Waals surface area contributed by atoms with E-state index in [1.807, 2.05) is 0 Å². The van der Waals surface area contributed by atoms with E-state index in [1.54, 1.807) is 0 Å². The molecule has 0 amide bonds. The number of hydrogen-bond acceptors (Lipinski definition) is 3. The first kappa shape index (κ1) is 11.9. The lowest BCUT2D eigenvalue weighted by atomic mass is 10.1. The maximum absolute atomic E-state index is 11.8. The van der Waals surface area contributed by atoms with Crippen molar-refractivity contribution in [2.75, 3.05) is 32.8 Å². The maximum Gasteiger partial charge on any atom is 0.362 e. The molecule has 1 aliphatic heterocycles. The second-order valence-corrected chi connectivity index (χ2v) is 5.17. The highest BCUT2D eigenvalue weighted by molar-refractivity contribution is 5.70. The molecule has 16 heavy (non-hydrogen) atoms. The van der Waals surface area contributed by atoms with Gasteiger partial charge in [-0.3, -0.25) is 0 Å². The van der Waals surface area contributed by atoms with E-state index in [1.165, 1.54) is 17.7 Å². The van der Waals surface area contributed by atoms with Crippen molar-refractivity contribution in [3.8, 4) is 0 Å². The molecule has 0 atom stereocenters. The Labute approximate surface area is 96.9 Å². The molecule has 1 heterocycles. The highest BCUT2D eigenvalue weighted by Gasteiger charge is 2.33. The van der Waals surface area contributed by atoms with Crippen LogP contribution in [0.5, 0.6) is 0 Å². The Morgan fingerprint density at radius 1 is 1.31 bits per heavy atom. The minimum absolute atomic E-state index is 0.0405. The second-order valence-electron chi connectivity index (χ2n) is 5.17. The van der Waals surface area contributed by atoms with Gasteiger partial charge in [0.25, 0.3) is 0 Å². The first-order valence-electron chi connectivity index (χ1n) is 6.31. The van der Waals surface area contributed by atoms with Crippen LogP contribution in [-0.2, 0) is 14.3 Å². The van der Waals surface area contributed by atoms with Gasteiger partial charge < -0.3 is 14.4 Å². The third kappa shape index (κ3) is 3.19. The monoisotopic (exact) mass is 228 g/mol. The highest BCUT2D eigenvalue weighted by Crippen LogP contribution is 2.32. The maximum atomic E-state index is 11.8. The number of nitrogens with one attached hydrogen (secondary N) is 1. The van der Waals surface area contributed by atoms with Crippen LogP contribution in [0.2, 0.25) is 0 Å². The average Bonchev–Trinajstić information content (AvgIpc) is 2.66. The van der Waals surface area contributed by atoms with Crippen LogP contribution < -0.4 is 4.90 Å². The Morgan fingerprint density at radius 3 is 2.56 bits per heavy atom. The zero-order chi connectivity index (χ0) is 11.4. The normalized spacial score (nSPS) is 25.6. The molecule has 2 aliphatic rings. The summed E-state index contributed by atoms with van der Waals surface area (Å²) in [5.74, 6) is -0.0405. The Bertz CT molecular complexity index is 243. The number of carbonyl (C=O) groups is 1. The van der Waals surface area contributed by atoms with Crippen molar-refractivity contribution >= 4 is 5.97 Å². The lowest BCUT2D eigenvalue weighted by molar-refractivity contribution is -0.900. The standard InChI is InChI=1S/C12H21NO3/c1-12(4-2-3-5-12)16-11(14)10-13-6-8-15-9-7-13/h2-10H2,1H3/p+1. The molecule has 1 aliphatic carbocycles. The van der Waals surface area contributed by atoms with Crippen molar-refractivity contribution in [2.45, 2.75) is 38.2 Å². The zero-order valence-electron chi connectivity index (χ0n) is 10.1. The topological polar surface area (TPSA) is 40.0 Å². The number of quaternary nitrogens is 1. The van der Waals surface area contributed by atoms with Crippen molar-refractivity contribution in [3.05, 3.63) is 0 Å². The molecule has 0 spiro atoms. The van der Waals surface area contributed by atoms with Gasteiger partial charge in [0.15, 0.2) is 6.54 Å². The second kappa shape index (κ2) is 5.15. The molecule has 0 aromatic heterocycles. The molecular weight excluding hydrogens is 206 g/mol. The van der Waals surface area contributed by atoms with Gasteiger partial charge in [-0.25, -0.2) is 4.79 Å². The van der Waals surface area contributed by atoms with Crippen LogP contribution in [-0.4, -0.2) is 44.4 Å². The van der Waals surface area contributed by atoms with E-state index in [-0.39, 0.29) is 11.6 Å². The van der Waals surface area contributed by atoms with Crippen molar-refractivity contribution in [3.63, 3.8) is 0 Å². The molecule has 1 saturated carbocycles. The summed E-state index contributed by atoms with van der Waals surface area (Å²) in [5, 5.41) is 0. The molecule has 92 valence electrons. The Kier molecular flexibility index (Phi) is 3.82. The summed E-state index contributed by atoms with van der Waals surface area (Å²) >= 11 is 0. The molecule has 0 aromatic rings. The van der Waals surface area contributed by atoms with Crippen molar-refractivity contribution in [1.82, 2.24) is 0 Å². The number of rotatable bonds is 3. The van der Waals surface area contributed by atoms with Gasteiger partial charge in [0.05, 0.1) is 13.2 Å². The minimum Gasteiger partial charge on any atom is -0.455 e. The number of ether oxygens (including phenoxy) is 2. The van der Waals surface area contributed by atoms with Crippen molar-refractivity contribution < 1.29 is 19.2 Å². The first-order chi connectivity index (χ1) is 7.68. The third-order valence-corrected chi connectivity index (χ3v) is 3.62. The van der Waals surface area contributed by atoms with E-state index in [2.05, 4.69) is 6.92 Å². The average molecular weight is 228 g/mol. The van der Waals surface area contributed by atoms with E-state index < -0.39 is 0 Å². The summed E-state index contributed by atoms with van der Waals surface area (Å²) in [4.78, 5) is 13.1. The van der Waals surface area contributed by atoms with E-state index in [0.717, 1.165) is 39.1 Å². The lowest BCUT2D eigenvalue weighted by Gasteiger charge is -2.27. The number of carbonyl (C=O) groups excluding carboxylic acids is 1. The molecule has 1 saturated heterocycles. The predicted octanol–water partition coefficient (Wildman–Crippen LogP) is -0.223. The van der Waals surface area contributed by atoms with E-state index in [4.69, 9.17) is 9.47 Å². The third-order valence-electron chi connectivity index (χ3n) is 3.62. The number of esters is 1. The van der Waals surface area contributed by atoms with Crippen LogP contribution in [0.25, 0.3) is 0 Å². The number of morpholine rings is 1. The molecule has 0 unspecified atom stereocenters. The highest BCUT2D eigenvalue weighted by atomic mass is 16.6. The first-order valence-corrected chi connectivity index (χ1v) is 6.31.